The van der Waals surface area contributed by atoms with Crippen molar-refractivity contribution in [2.75, 3.05) is 0 Å². The van der Waals surface area contributed by atoms with E-state index in [0.717, 1.165) is 19.3 Å². The molecule has 1 heteroatoms. The Morgan fingerprint density at radius 3 is 2.46 bits per heavy atom. The molecule has 2 rings (SSSR count). The van der Waals surface area contributed by atoms with E-state index < -0.39 is 0 Å². The Morgan fingerprint density at radius 2 is 2.23 bits per heavy atom. The summed E-state index contributed by atoms with van der Waals surface area (Å²) in [6.07, 6.45) is 19.7. The average Bonchev–Trinajstić information content (AvgIpc) is 2.81. The van der Waals surface area contributed by atoms with Crippen molar-refractivity contribution in [1.82, 2.24) is 0 Å². The summed E-state index contributed by atoms with van der Waals surface area (Å²) in [5.74, 6) is 0. The molecule has 0 nitrogen and oxygen atoms in total. The van der Waals surface area contributed by atoms with Crippen LogP contribution in [0.4, 0.5) is 0 Å². The molecule has 0 saturated carbocycles. The molecule has 68 valence electrons. The van der Waals surface area contributed by atoms with Crippen molar-refractivity contribution in [2.45, 2.75) is 26.2 Å². The van der Waals surface area contributed by atoms with Crippen LogP contribution in [0.2, 0.25) is 0 Å². The van der Waals surface area contributed by atoms with E-state index in [-0.39, 0.29) is 24.6 Å². The third kappa shape index (κ3) is 5.84. The summed E-state index contributed by atoms with van der Waals surface area (Å²) in [6.45, 7) is 2.15. The molecular formula is C12H16Ti. The predicted molar refractivity (Wildman–Crippen MR) is 54.6 cm³/mol. The average molecular weight is 208 g/mol. The zero-order chi connectivity index (χ0) is 8.65. The molecule has 0 aliphatic heterocycles. The van der Waals surface area contributed by atoms with Crippen LogP contribution in [0, 0.1) is 12.2 Å². The molecule has 0 N–H and O–H groups in total. The van der Waals surface area contributed by atoms with Crippen molar-refractivity contribution in [1.29, 1.82) is 0 Å². The molecule has 0 spiro atoms. The van der Waals surface area contributed by atoms with Gasteiger partial charge >= 0.3 is 21.7 Å². The van der Waals surface area contributed by atoms with Crippen LogP contribution < -0.4 is 0 Å². The SMILES string of the molecule is CCC1=[C-]CC=C1.[C-]1=CC=CC1.[H-].[H-].[Ti+4]. The fourth-order valence-electron chi connectivity index (χ4n) is 1.03. The van der Waals surface area contributed by atoms with Crippen molar-refractivity contribution < 1.29 is 24.6 Å². The third-order valence-electron chi connectivity index (χ3n) is 1.73. The van der Waals surface area contributed by atoms with Crippen LogP contribution in [0.3, 0.4) is 0 Å². The Kier molecular flexibility index (Phi) is 8.07. The van der Waals surface area contributed by atoms with Gasteiger partial charge in [-0.3, -0.25) is 12.2 Å². The molecule has 0 heterocycles. The van der Waals surface area contributed by atoms with Crippen molar-refractivity contribution in [3.8, 4) is 0 Å². The number of rotatable bonds is 1. The number of allylic oxidation sites excluding steroid dienone is 8. The first-order valence-electron chi connectivity index (χ1n) is 4.41. The van der Waals surface area contributed by atoms with Gasteiger partial charge < -0.3 is 2.85 Å². The van der Waals surface area contributed by atoms with Crippen LogP contribution in [0.5, 0.6) is 0 Å². The maximum atomic E-state index is 3.21. The Balaban J connectivity index is -0.000000165. The molecule has 13 heavy (non-hydrogen) atoms. The van der Waals surface area contributed by atoms with Gasteiger partial charge in [0.15, 0.2) is 0 Å². The molecule has 0 saturated heterocycles. The minimum Gasteiger partial charge on any atom is -1.00 e. The Morgan fingerprint density at radius 1 is 1.38 bits per heavy atom. The van der Waals surface area contributed by atoms with E-state index in [1.54, 1.807) is 0 Å². The zero-order valence-electron chi connectivity index (χ0n) is 10.0. The van der Waals surface area contributed by atoms with E-state index in [9.17, 15) is 0 Å². The van der Waals surface area contributed by atoms with Gasteiger partial charge in [0.1, 0.15) is 0 Å². The number of hydrogen-bond acceptors (Lipinski definition) is 0. The molecule has 0 amide bonds. The topological polar surface area (TPSA) is 0 Å². The first-order chi connectivity index (χ1) is 5.93. The second-order valence-corrected chi connectivity index (χ2v) is 2.67. The zero-order valence-corrected chi connectivity index (χ0v) is 9.57. The van der Waals surface area contributed by atoms with Crippen LogP contribution in [0.15, 0.2) is 36.0 Å². The van der Waals surface area contributed by atoms with Gasteiger partial charge in [0.05, 0.1) is 0 Å². The van der Waals surface area contributed by atoms with E-state index in [0.29, 0.717) is 0 Å². The summed E-state index contributed by atoms with van der Waals surface area (Å²) in [6, 6.07) is 0. The van der Waals surface area contributed by atoms with E-state index in [2.05, 4.69) is 37.3 Å². The van der Waals surface area contributed by atoms with Crippen molar-refractivity contribution in [3.63, 3.8) is 0 Å². The quantitative estimate of drug-likeness (QED) is 0.456. The van der Waals surface area contributed by atoms with Crippen molar-refractivity contribution in [2.24, 2.45) is 0 Å². The summed E-state index contributed by atoms with van der Waals surface area (Å²) >= 11 is 0. The summed E-state index contributed by atoms with van der Waals surface area (Å²) in [5.41, 5.74) is 1.36. The van der Waals surface area contributed by atoms with Gasteiger partial charge in [-0.2, -0.15) is 12.2 Å². The molecular weight excluding hydrogens is 192 g/mol. The molecule has 0 aromatic rings. The van der Waals surface area contributed by atoms with Gasteiger partial charge in [0.25, 0.3) is 0 Å². The Hall–Kier alpha value is -0.326. The minimum atomic E-state index is 0. The van der Waals surface area contributed by atoms with Crippen molar-refractivity contribution in [3.05, 3.63) is 48.1 Å². The number of hydrogen-bond donors (Lipinski definition) is 0. The molecule has 0 radical (unpaired) electrons. The van der Waals surface area contributed by atoms with Gasteiger partial charge in [-0.15, -0.1) is 12.8 Å². The summed E-state index contributed by atoms with van der Waals surface area (Å²) < 4.78 is 0. The van der Waals surface area contributed by atoms with E-state index in [1.807, 2.05) is 12.2 Å². The van der Waals surface area contributed by atoms with Gasteiger partial charge in [-0.25, -0.2) is 23.8 Å². The van der Waals surface area contributed by atoms with Crippen LogP contribution in [0.25, 0.3) is 0 Å². The molecule has 2 aliphatic carbocycles. The largest absolute Gasteiger partial charge is 4.00 e. The standard InChI is InChI=1S/C7H9.C5H5.Ti.2H/c1-2-7-5-3-4-6-7;1-2-4-5-3-1;;;/h3,5H,2,4H2,1H3;1-3H,4H2;;;/q2*-1;+4;2*-1. The van der Waals surface area contributed by atoms with Crippen LogP contribution in [0.1, 0.15) is 29.0 Å². The van der Waals surface area contributed by atoms with Crippen LogP contribution in [-0.4, -0.2) is 0 Å². The third-order valence-corrected chi connectivity index (χ3v) is 1.73. The second kappa shape index (κ2) is 8.28. The molecule has 0 bridgehead atoms. The molecule has 0 unspecified atom stereocenters. The predicted octanol–water partition coefficient (Wildman–Crippen LogP) is 3.61. The summed E-state index contributed by atoms with van der Waals surface area (Å²) in [4.78, 5) is 0. The summed E-state index contributed by atoms with van der Waals surface area (Å²) in [7, 11) is 0. The molecule has 0 fully saturated rings. The Bertz CT molecular complexity index is 230. The van der Waals surface area contributed by atoms with Gasteiger partial charge in [-0.05, 0) is 0 Å². The van der Waals surface area contributed by atoms with Crippen LogP contribution >= 0.6 is 0 Å². The smallest absolute Gasteiger partial charge is 1.00 e. The second-order valence-electron chi connectivity index (χ2n) is 2.67. The van der Waals surface area contributed by atoms with E-state index in [4.69, 9.17) is 0 Å². The van der Waals surface area contributed by atoms with Gasteiger partial charge in [0.2, 0.25) is 0 Å². The van der Waals surface area contributed by atoms with Crippen LogP contribution in [-0.2, 0) is 21.7 Å². The first kappa shape index (κ1) is 12.7. The normalized spacial score (nSPS) is 16.2. The first-order valence-corrected chi connectivity index (χ1v) is 4.41. The fraction of sp³-hybridized carbons (Fsp3) is 0.333. The molecule has 0 aromatic carbocycles. The summed E-state index contributed by atoms with van der Waals surface area (Å²) in [5, 5.41) is 0. The fourth-order valence-corrected chi connectivity index (χ4v) is 1.03. The van der Waals surface area contributed by atoms with Gasteiger partial charge in [-0.1, -0.05) is 13.3 Å². The van der Waals surface area contributed by atoms with Crippen molar-refractivity contribution >= 4 is 0 Å². The van der Waals surface area contributed by atoms with E-state index >= 15 is 0 Å². The monoisotopic (exact) mass is 208 g/mol. The molecule has 0 atom stereocenters. The van der Waals surface area contributed by atoms with Gasteiger partial charge in [0, 0.05) is 0 Å². The molecule has 2 aliphatic rings. The minimum absolute atomic E-state index is 0. The van der Waals surface area contributed by atoms with E-state index in [1.165, 1.54) is 5.57 Å². The Labute approximate surface area is 99.0 Å². The molecule has 0 aromatic heterocycles. The maximum absolute atomic E-state index is 3.21. The maximum Gasteiger partial charge on any atom is 4.00 e.